The fraction of sp³-hybridized carbons (Fsp3) is 0.565. The van der Waals surface area contributed by atoms with Crippen molar-refractivity contribution in [3.63, 3.8) is 0 Å². The molecule has 0 radical (unpaired) electrons. The van der Waals surface area contributed by atoms with E-state index in [1.54, 1.807) is 12.1 Å². The van der Waals surface area contributed by atoms with Gasteiger partial charge in [-0.3, -0.25) is 9.48 Å². The van der Waals surface area contributed by atoms with Crippen molar-refractivity contribution in [3.8, 4) is 5.75 Å². The Morgan fingerprint density at radius 1 is 1.17 bits per heavy atom. The quantitative estimate of drug-likeness (QED) is 0.815. The largest absolute Gasteiger partial charge is 0.488 e. The number of aliphatic hydroxyl groups excluding tert-OH is 1. The lowest BCUT2D eigenvalue weighted by Crippen LogP contribution is -2.42. The van der Waals surface area contributed by atoms with E-state index in [1.807, 2.05) is 23.4 Å². The molecule has 1 aliphatic heterocycles. The highest BCUT2D eigenvalue weighted by molar-refractivity contribution is 5.76. The summed E-state index contributed by atoms with van der Waals surface area (Å²) in [6, 6.07) is 5.87. The number of benzene rings is 1. The van der Waals surface area contributed by atoms with E-state index in [0.29, 0.717) is 56.5 Å². The van der Waals surface area contributed by atoms with Gasteiger partial charge in [-0.25, -0.2) is 4.39 Å². The Hall–Kier alpha value is -2.41. The first-order valence-corrected chi connectivity index (χ1v) is 10.7. The normalized spacial score (nSPS) is 26.0. The minimum absolute atomic E-state index is 0.139. The lowest BCUT2D eigenvalue weighted by Gasteiger charge is -2.35. The van der Waals surface area contributed by atoms with Gasteiger partial charge in [0.2, 0.25) is 5.91 Å². The summed E-state index contributed by atoms with van der Waals surface area (Å²) in [5.74, 6) is 1.00. The first kappa shape index (κ1) is 20.8. The van der Waals surface area contributed by atoms with Crippen LogP contribution >= 0.6 is 0 Å². The van der Waals surface area contributed by atoms with Crippen LogP contribution in [0.25, 0.3) is 0 Å². The van der Waals surface area contributed by atoms with E-state index < -0.39 is 6.10 Å². The number of carbonyl (C=O) groups excluding carboxylic acids is 1. The molecule has 7 heteroatoms. The summed E-state index contributed by atoms with van der Waals surface area (Å²) in [6.07, 6.45) is 0.841. The van der Waals surface area contributed by atoms with Gasteiger partial charge in [0, 0.05) is 31.7 Å². The maximum absolute atomic E-state index is 13.1. The van der Waals surface area contributed by atoms with E-state index in [2.05, 4.69) is 12.0 Å². The number of nitrogens with zero attached hydrogens (tertiary/aromatic N) is 3. The maximum Gasteiger partial charge on any atom is 0.224 e. The third-order valence-electron chi connectivity index (χ3n) is 6.82. The zero-order valence-corrected chi connectivity index (χ0v) is 17.8. The number of aromatic nitrogens is 2. The number of hydrogen-bond donors (Lipinski definition) is 1. The van der Waals surface area contributed by atoms with Crippen molar-refractivity contribution in [2.75, 3.05) is 13.1 Å². The summed E-state index contributed by atoms with van der Waals surface area (Å²) in [4.78, 5) is 14.7. The smallest absolute Gasteiger partial charge is 0.224 e. The number of carbonyl (C=O) groups is 1. The van der Waals surface area contributed by atoms with Crippen molar-refractivity contribution in [1.29, 1.82) is 0 Å². The van der Waals surface area contributed by atoms with Gasteiger partial charge in [-0.2, -0.15) is 5.10 Å². The SMILES string of the molecule is Cc1nn(CCC(=O)N2C[C@H]3C[C@@H](Oc4ccc(F)cc4)[C@H](O)C[C@H]3C2)c(C)c1C. The molecule has 1 saturated heterocycles. The molecule has 0 unspecified atom stereocenters. The third kappa shape index (κ3) is 4.21. The van der Waals surface area contributed by atoms with E-state index in [9.17, 15) is 14.3 Å². The van der Waals surface area contributed by atoms with Gasteiger partial charge in [0.15, 0.2) is 0 Å². The highest BCUT2D eigenvalue weighted by Gasteiger charge is 2.43. The molecule has 162 valence electrons. The molecule has 2 heterocycles. The van der Waals surface area contributed by atoms with Crippen molar-refractivity contribution in [2.45, 2.75) is 58.8 Å². The van der Waals surface area contributed by atoms with Gasteiger partial charge in [-0.15, -0.1) is 0 Å². The number of rotatable bonds is 5. The molecular weight excluding hydrogens is 385 g/mol. The molecule has 0 bridgehead atoms. The van der Waals surface area contributed by atoms with Crippen molar-refractivity contribution >= 4 is 5.91 Å². The second-order valence-electron chi connectivity index (χ2n) is 8.74. The number of aryl methyl sites for hydroxylation is 2. The van der Waals surface area contributed by atoms with Crippen LogP contribution < -0.4 is 4.74 Å². The Balaban J connectivity index is 1.33. The molecule has 0 spiro atoms. The molecule has 1 aromatic carbocycles. The molecule has 4 atom stereocenters. The first-order chi connectivity index (χ1) is 14.3. The average Bonchev–Trinajstić information content (AvgIpc) is 3.24. The van der Waals surface area contributed by atoms with Gasteiger partial charge in [0.1, 0.15) is 17.7 Å². The van der Waals surface area contributed by atoms with E-state index in [0.717, 1.165) is 11.4 Å². The van der Waals surface area contributed by atoms with E-state index in [-0.39, 0.29) is 17.8 Å². The van der Waals surface area contributed by atoms with Gasteiger partial charge >= 0.3 is 0 Å². The van der Waals surface area contributed by atoms with Crippen LogP contribution in [0.15, 0.2) is 24.3 Å². The highest BCUT2D eigenvalue weighted by atomic mass is 19.1. The molecule has 6 nitrogen and oxygen atoms in total. The van der Waals surface area contributed by atoms with Gasteiger partial charge in [-0.05, 0) is 75.3 Å². The second kappa shape index (κ2) is 8.38. The van der Waals surface area contributed by atoms with Crippen molar-refractivity contribution in [1.82, 2.24) is 14.7 Å². The summed E-state index contributed by atoms with van der Waals surface area (Å²) >= 11 is 0. The minimum Gasteiger partial charge on any atom is -0.488 e. The summed E-state index contributed by atoms with van der Waals surface area (Å²) in [5.41, 5.74) is 3.29. The third-order valence-corrected chi connectivity index (χ3v) is 6.82. The summed E-state index contributed by atoms with van der Waals surface area (Å²) < 4.78 is 20.9. The number of aliphatic hydroxyl groups is 1. The number of hydrogen-bond acceptors (Lipinski definition) is 4. The number of ether oxygens (including phenoxy) is 1. The standard InChI is InChI=1S/C23H30FN3O3/c1-14-15(2)25-27(16(14)3)9-8-23(29)26-12-17-10-21(28)22(11-18(17)13-26)30-20-6-4-19(24)5-7-20/h4-7,17-18,21-22,28H,8-13H2,1-3H3/t17-,18+,21+,22+/m0/s1. The van der Waals surface area contributed by atoms with Crippen molar-refractivity contribution in [2.24, 2.45) is 11.8 Å². The number of likely N-dealkylation sites (tertiary alicyclic amines) is 1. The lowest BCUT2D eigenvalue weighted by molar-refractivity contribution is -0.130. The van der Waals surface area contributed by atoms with Crippen molar-refractivity contribution < 1.29 is 19.0 Å². The molecule has 1 N–H and O–H groups in total. The molecular formula is C23H30FN3O3. The van der Waals surface area contributed by atoms with E-state index in [1.165, 1.54) is 17.7 Å². The monoisotopic (exact) mass is 415 g/mol. The van der Waals surface area contributed by atoms with Gasteiger partial charge in [0.25, 0.3) is 0 Å². The second-order valence-corrected chi connectivity index (χ2v) is 8.74. The van der Waals surface area contributed by atoms with Gasteiger partial charge < -0.3 is 14.7 Å². The van der Waals surface area contributed by atoms with Gasteiger partial charge in [-0.1, -0.05) is 0 Å². The fourth-order valence-electron chi connectivity index (χ4n) is 4.77. The first-order valence-electron chi connectivity index (χ1n) is 10.7. The van der Waals surface area contributed by atoms with Crippen LogP contribution in [0.1, 0.15) is 36.2 Å². The summed E-state index contributed by atoms with van der Waals surface area (Å²) in [6.45, 7) is 8.06. The molecule has 2 fully saturated rings. The van der Waals surface area contributed by atoms with Crippen LogP contribution in [0.3, 0.4) is 0 Å². The molecule has 1 amide bonds. The van der Waals surface area contributed by atoms with Crippen LogP contribution in [0, 0.1) is 38.4 Å². The van der Waals surface area contributed by atoms with Crippen LogP contribution in [-0.4, -0.2) is 51.0 Å². The highest BCUT2D eigenvalue weighted by Crippen LogP contribution is 2.38. The lowest BCUT2D eigenvalue weighted by atomic mass is 9.78. The Bertz CT molecular complexity index is 911. The number of fused-ring (bicyclic) bond motifs is 1. The molecule has 4 rings (SSSR count). The average molecular weight is 416 g/mol. The number of amides is 1. The Morgan fingerprint density at radius 3 is 2.47 bits per heavy atom. The van der Waals surface area contributed by atoms with Crippen LogP contribution in [0.4, 0.5) is 4.39 Å². The zero-order chi connectivity index (χ0) is 21.4. The molecule has 1 aliphatic carbocycles. The Labute approximate surface area is 176 Å². The zero-order valence-electron chi connectivity index (χ0n) is 17.8. The molecule has 2 aliphatic rings. The molecule has 30 heavy (non-hydrogen) atoms. The molecule has 2 aromatic rings. The predicted molar refractivity (Wildman–Crippen MR) is 111 cm³/mol. The number of halogens is 1. The molecule has 1 saturated carbocycles. The molecule has 1 aromatic heterocycles. The van der Waals surface area contributed by atoms with Crippen LogP contribution in [0.2, 0.25) is 0 Å². The summed E-state index contributed by atoms with van der Waals surface area (Å²) in [7, 11) is 0. The van der Waals surface area contributed by atoms with Crippen molar-refractivity contribution in [3.05, 3.63) is 47.0 Å². The topological polar surface area (TPSA) is 67.6 Å². The summed E-state index contributed by atoms with van der Waals surface area (Å²) in [5, 5.41) is 15.1. The predicted octanol–water partition coefficient (Wildman–Crippen LogP) is 3.01. The Kier molecular flexibility index (Phi) is 5.82. The van der Waals surface area contributed by atoms with E-state index in [4.69, 9.17) is 4.74 Å². The fourth-order valence-corrected chi connectivity index (χ4v) is 4.77. The van der Waals surface area contributed by atoms with Crippen LogP contribution in [-0.2, 0) is 11.3 Å². The van der Waals surface area contributed by atoms with E-state index >= 15 is 0 Å². The Morgan fingerprint density at radius 2 is 1.83 bits per heavy atom. The minimum atomic E-state index is -0.580. The van der Waals surface area contributed by atoms with Crippen LogP contribution in [0.5, 0.6) is 5.75 Å². The van der Waals surface area contributed by atoms with Gasteiger partial charge in [0.05, 0.1) is 11.8 Å². The maximum atomic E-state index is 13.1.